The van der Waals surface area contributed by atoms with Gasteiger partial charge in [0.25, 0.3) is 0 Å². The predicted octanol–water partition coefficient (Wildman–Crippen LogP) is 2.34. The highest BCUT2D eigenvalue weighted by molar-refractivity contribution is 5.78. The van der Waals surface area contributed by atoms with Gasteiger partial charge in [-0.3, -0.25) is 4.79 Å². The molecule has 2 N–H and O–H groups in total. The first-order valence-electron chi connectivity index (χ1n) is 6.64. The van der Waals surface area contributed by atoms with Crippen molar-refractivity contribution < 1.29 is 18.7 Å². The van der Waals surface area contributed by atoms with Crippen LogP contribution in [0.25, 0.3) is 0 Å². The molecule has 2 unspecified atom stereocenters. The van der Waals surface area contributed by atoms with Gasteiger partial charge >= 0.3 is 0 Å². The van der Waals surface area contributed by atoms with E-state index in [0.29, 0.717) is 13.0 Å². The first-order valence-corrected chi connectivity index (χ1v) is 6.64. The lowest BCUT2D eigenvalue weighted by Gasteiger charge is -2.27. The molecule has 0 radical (unpaired) electrons. The fourth-order valence-corrected chi connectivity index (χ4v) is 2.39. The molecule has 18 heavy (non-hydrogen) atoms. The van der Waals surface area contributed by atoms with Gasteiger partial charge in [-0.2, -0.15) is 0 Å². The molecule has 1 fully saturated rings. The molecule has 0 heterocycles. The molecular formula is C13H23F2NO2. The summed E-state index contributed by atoms with van der Waals surface area (Å²) in [6.45, 7) is 4.15. The highest BCUT2D eigenvalue weighted by Crippen LogP contribution is 2.36. The number of rotatable bonds is 5. The molecule has 1 aliphatic rings. The van der Waals surface area contributed by atoms with E-state index in [0.717, 1.165) is 0 Å². The monoisotopic (exact) mass is 263 g/mol. The molecule has 0 aromatic rings. The summed E-state index contributed by atoms with van der Waals surface area (Å²) in [6.07, 6.45) is 0.407. The van der Waals surface area contributed by atoms with Crippen molar-refractivity contribution in [2.45, 2.75) is 58.0 Å². The number of nitrogens with one attached hydrogen (secondary N) is 1. The van der Waals surface area contributed by atoms with Crippen LogP contribution in [0.1, 0.15) is 46.0 Å². The van der Waals surface area contributed by atoms with Crippen molar-refractivity contribution in [2.75, 3.05) is 6.54 Å². The first kappa shape index (κ1) is 15.3. The van der Waals surface area contributed by atoms with Crippen LogP contribution in [0.15, 0.2) is 0 Å². The molecular weight excluding hydrogens is 240 g/mol. The lowest BCUT2D eigenvalue weighted by Crippen LogP contribution is -2.38. The number of alkyl halides is 2. The summed E-state index contributed by atoms with van der Waals surface area (Å²) in [6, 6.07) is 0. The lowest BCUT2D eigenvalue weighted by molar-refractivity contribution is -0.129. The van der Waals surface area contributed by atoms with E-state index < -0.39 is 5.92 Å². The zero-order valence-electron chi connectivity index (χ0n) is 11.1. The molecule has 0 bridgehead atoms. The third kappa shape index (κ3) is 5.29. The Morgan fingerprint density at radius 3 is 2.44 bits per heavy atom. The van der Waals surface area contributed by atoms with Crippen LogP contribution in [0, 0.1) is 11.8 Å². The predicted molar refractivity (Wildman–Crippen MR) is 65.4 cm³/mol. The van der Waals surface area contributed by atoms with E-state index in [1.54, 1.807) is 6.92 Å². The second kappa shape index (κ2) is 6.45. The number of aliphatic hydroxyl groups is 1. The minimum absolute atomic E-state index is 0.122. The zero-order valence-corrected chi connectivity index (χ0v) is 11.1. The normalized spacial score (nSPS) is 23.4. The summed E-state index contributed by atoms with van der Waals surface area (Å²) in [5, 5.41) is 12.0. The van der Waals surface area contributed by atoms with Crippen molar-refractivity contribution in [1.82, 2.24) is 5.32 Å². The van der Waals surface area contributed by atoms with Crippen molar-refractivity contribution in [1.29, 1.82) is 0 Å². The van der Waals surface area contributed by atoms with Gasteiger partial charge < -0.3 is 10.4 Å². The number of carbonyl (C=O) groups is 1. The molecule has 2 atom stereocenters. The molecule has 1 amide bonds. The molecule has 0 saturated heterocycles. The van der Waals surface area contributed by atoms with Gasteiger partial charge in [0.2, 0.25) is 11.8 Å². The Bertz CT molecular complexity index is 272. The minimum Gasteiger partial charge on any atom is -0.393 e. The van der Waals surface area contributed by atoms with E-state index in [4.69, 9.17) is 0 Å². The van der Waals surface area contributed by atoms with Gasteiger partial charge in [0.15, 0.2) is 0 Å². The van der Waals surface area contributed by atoms with Gasteiger partial charge in [0.1, 0.15) is 0 Å². The highest BCUT2D eigenvalue weighted by Gasteiger charge is 2.37. The molecule has 1 aliphatic carbocycles. The van der Waals surface area contributed by atoms with Crippen LogP contribution >= 0.6 is 0 Å². The quantitative estimate of drug-likeness (QED) is 0.800. The Morgan fingerprint density at radius 2 is 1.94 bits per heavy atom. The van der Waals surface area contributed by atoms with Crippen molar-refractivity contribution >= 4 is 5.91 Å². The molecule has 0 aromatic heterocycles. The van der Waals surface area contributed by atoms with Crippen LogP contribution in [-0.2, 0) is 4.79 Å². The largest absolute Gasteiger partial charge is 0.393 e. The van der Waals surface area contributed by atoms with Gasteiger partial charge in [-0.25, -0.2) is 8.78 Å². The number of halogens is 2. The molecule has 0 aliphatic heterocycles. The highest BCUT2D eigenvalue weighted by atomic mass is 19.3. The SMILES string of the molecule is CC(O)CC(C)CNC(=O)C1CCC(F)(F)CC1. The zero-order chi connectivity index (χ0) is 13.8. The standard InChI is InChI=1S/C13H23F2NO2/c1-9(7-10(2)17)8-16-12(18)11-3-5-13(14,15)6-4-11/h9-11,17H,3-8H2,1-2H3,(H,16,18). The van der Waals surface area contributed by atoms with Gasteiger partial charge in [-0.05, 0) is 32.1 Å². The Balaban J connectivity index is 2.25. The van der Waals surface area contributed by atoms with Crippen LogP contribution in [-0.4, -0.2) is 29.6 Å². The van der Waals surface area contributed by atoms with Gasteiger partial charge in [-0.15, -0.1) is 0 Å². The average molecular weight is 263 g/mol. The third-order valence-corrected chi connectivity index (χ3v) is 3.46. The number of hydrogen-bond donors (Lipinski definition) is 2. The van der Waals surface area contributed by atoms with E-state index in [2.05, 4.69) is 5.32 Å². The van der Waals surface area contributed by atoms with Crippen LogP contribution < -0.4 is 5.32 Å². The van der Waals surface area contributed by atoms with Gasteiger partial charge in [0, 0.05) is 25.3 Å². The summed E-state index contributed by atoms with van der Waals surface area (Å²) in [4.78, 5) is 11.8. The topological polar surface area (TPSA) is 49.3 Å². The van der Waals surface area contributed by atoms with E-state index in [-0.39, 0.29) is 49.5 Å². The second-order valence-corrected chi connectivity index (χ2v) is 5.57. The second-order valence-electron chi connectivity index (χ2n) is 5.57. The third-order valence-electron chi connectivity index (χ3n) is 3.46. The minimum atomic E-state index is -2.59. The Morgan fingerprint density at radius 1 is 1.39 bits per heavy atom. The lowest BCUT2D eigenvalue weighted by atomic mass is 9.86. The van der Waals surface area contributed by atoms with Crippen molar-refractivity contribution in [3.8, 4) is 0 Å². The average Bonchev–Trinajstić information content (AvgIpc) is 2.25. The van der Waals surface area contributed by atoms with E-state index >= 15 is 0 Å². The number of aliphatic hydroxyl groups excluding tert-OH is 1. The maximum atomic E-state index is 12.9. The molecule has 106 valence electrons. The maximum Gasteiger partial charge on any atom is 0.248 e. The van der Waals surface area contributed by atoms with Crippen LogP contribution in [0.4, 0.5) is 8.78 Å². The molecule has 3 nitrogen and oxygen atoms in total. The van der Waals surface area contributed by atoms with Crippen LogP contribution in [0.3, 0.4) is 0 Å². The van der Waals surface area contributed by atoms with E-state index in [9.17, 15) is 18.7 Å². The van der Waals surface area contributed by atoms with E-state index in [1.807, 2.05) is 6.92 Å². The van der Waals surface area contributed by atoms with Gasteiger partial charge in [-0.1, -0.05) is 6.92 Å². The summed E-state index contributed by atoms with van der Waals surface area (Å²) < 4.78 is 25.9. The molecule has 0 aromatic carbocycles. The molecule has 5 heteroatoms. The van der Waals surface area contributed by atoms with Crippen LogP contribution in [0.5, 0.6) is 0 Å². The molecule has 1 rings (SSSR count). The Labute approximate surface area is 107 Å². The summed E-state index contributed by atoms with van der Waals surface area (Å²) >= 11 is 0. The fourth-order valence-electron chi connectivity index (χ4n) is 2.39. The van der Waals surface area contributed by atoms with Crippen LogP contribution in [0.2, 0.25) is 0 Å². The number of hydrogen-bond acceptors (Lipinski definition) is 2. The van der Waals surface area contributed by atoms with Crippen molar-refractivity contribution in [3.05, 3.63) is 0 Å². The fraction of sp³-hybridized carbons (Fsp3) is 0.923. The Kier molecular flexibility index (Phi) is 5.50. The van der Waals surface area contributed by atoms with Crippen molar-refractivity contribution in [3.63, 3.8) is 0 Å². The summed E-state index contributed by atoms with van der Waals surface area (Å²) in [5.41, 5.74) is 0. The summed E-state index contributed by atoms with van der Waals surface area (Å²) in [5.74, 6) is -2.79. The first-order chi connectivity index (χ1) is 8.30. The van der Waals surface area contributed by atoms with Gasteiger partial charge in [0.05, 0.1) is 6.10 Å². The smallest absolute Gasteiger partial charge is 0.248 e. The Hall–Kier alpha value is -0.710. The molecule has 0 spiro atoms. The molecule has 1 saturated carbocycles. The maximum absolute atomic E-state index is 12.9. The van der Waals surface area contributed by atoms with Crippen molar-refractivity contribution in [2.24, 2.45) is 11.8 Å². The number of amides is 1. The van der Waals surface area contributed by atoms with E-state index in [1.165, 1.54) is 0 Å². The summed E-state index contributed by atoms with van der Waals surface area (Å²) in [7, 11) is 0. The number of carbonyl (C=O) groups excluding carboxylic acids is 1.